The third kappa shape index (κ3) is 1.84. The summed E-state index contributed by atoms with van der Waals surface area (Å²) >= 11 is 0. The molecule has 0 spiro atoms. The van der Waals surface area contributed by atoms with Gasteiger partial charge in [0.05, 0.1) is 0 Å². The molecule has 0 heterocycles. The number of allylic oxidation sites excluding steroid dienone is 1. The zero-order chi connectivity index (χ0) is 11.9. The van der Waals surface area contributed by atoms with Gasteiger partial charge in [0, 0.05) is 12.5 Å². The lowest BCUT2D eigenvalue weighted by Gasteiger charge is -2.52. The Hall–Kier alpha value is -0.300. The molecule has 0 bridgehead atoms. The molecule has 0 aromatic heterocycles. The number of aliphatic hydroxyl groups is 1. The molecule has 2 aliphatic carbocycles. The van der Waals surface area contributed by atoms with Crippen LogP contribution >= 0.6 is 0 Å². The molecule has 0 aromatic rings. The number of hydrogen-bond acceptors (Lipinski definition) is 1. The normalized spacial score (nSPS) is 42.4. The highest BCUT2D eigenvalue weighted by Crippen LogP contribution is 2.54. The maximum absolute atomic E-state index is 9.65. The van der Waals surface area contributed by atoms with Crippen molar-refractivity contribution in [3.8, 4) is 0 Å². The van der Waals surface area contributed by atoms with E-state index in [1.54, 1.807) is 0 Å². The average Bonchev–Trinajstić information content (AvgIpc) is 2.23. The van der Waals surface area contributed by atoms with E-state index in [-0.39, 0.29) is 0 Å². The van der Waals surface area contributed by atoms with E-state index in [1.165, 1.54) is 24.8 Å². The van der Waals surface area contributed by atoms with Crippen LogP contribution in [0.2, 0.25) is 0 Å². The maximum Gasteiger partial charge on any atom is 0.0499 e. The van der Waals surface area contributed by atoms with E-state index < -0.39 is 0 Å². The van der Waals surface area contributed by atoms with Crippen LogP contribution in [0, 0.1) is 29.1 Å². The molecule has 0 amide bonds. The molecule has 1 nitrogen and oxygen atoms in total. The van der Waals surface area contributed by atoms with Crippen LogP contribution in [0.15, 0.2) is 11.6 Å². The van der Waals surface area contributed by atoms with Crippen LogP contribution in [0.3, 0.4) is 0 Å². The average molecular weight is 222 g/mol. The molecule has 0 radical (unpaired) electrons. The van der Waals surface area contributed by atoms with Gasteiger partial charge in [-0.15, -0.1) is 0 Å². The standard InChI is InChI=1S/C15H26O/c1-10-5-6-13-14(12(10)9-16)11(2)7-8-15(13,3)4/h5,11-14,16H,6-9H2,1-4H3/t11-,12+,13-,14?/m1/s1. The molecule has 16 heavy (non-hydrogen) atoms. The quantitative estimate of drug-likeness (QED) is 0.672. The predicted octanol–water partition coefficient (Wildman–Crippen LogP) is 3.63. The van der Waals surface area contributed by atoms with Crippen molar-refractivity contribution in [2.45, 2.75) is 47.0 Å². The van der Waals surface area contributed by atoms with E-state index in [2.05, 4.69) is 33.8 Å². The van der Waals surface area contributed by atoms with Gasteiger partial charge in [0.2, 0.25) is 0 Å². The van der Waals surface area contributed by atoms with Crippen molar-refractivity contribution in [2.75, 3.05) is 6.61 Å². The summed E-state index contributed by atoms with van der Waals surface area (Å²) in [7, 11) is 0. The summed E-state index contributed by atoms with van der Waals surface area (Å²) in [5.41, 5.74) is 1.88. The monoisotopic (exact) mass is 222 g/mol. The molecule has 1 saturated carbocycles. The van der Waals surface area contributed by atoms with Crippen molar-refractivity contribution in [1.82, 2.24) is 0 Å². The van der Waals surface area contributed by atoms with Gasteiger partial charge in [-0.25, -0.2) is 0 Å². The smallest absolute Gasteiger partial charge is 0.0499 e. The van der Waals surface area contributed by atoms with Gasteiger partial charge in [0.25, 0.3) is 0 Å². The lowest BCUT2D eigenvalue weighted by Crippen LogP contribution is -2.45. The Kier molecular flexibility index (Phi) is 3.18. The van der Waals surface area contributed by atoms with Crippen LogP contribution in [0.5, 0.6) is 0 Å². The van der Waals surface area contributed by atoms with Gasteiger partial charge in [-0.05, 0) is 49.4 Å². The van der Waals surface area contributed by atoms with Gasteiger partial charge in [-0.1, -0.05) is 32.4 Å². The third-order valence-corrected chi connectivity index (χ3v) is 5.31. The summed E-state index contributed by atoms with van der Waals surface area (Å²) in [6.07, 6.45) is 6.28. The summed E-state index contributed by atoms with van der Waals surface area (Å²) in [6.45, 7) is 9.75. The SMILES string of the molecule is CC1=CC[C@@H]2C([C@H](C)CCC2(C)C)[C@H]1CO. The maximum atomic E-state index is 9.65. The van der Waals surface area contributed by atoms with Crippen molar-refractivity contribution >= 4 is 0 Å². The Morgan fingerprint density at radius 3 is 2.75 bits per heavy atom. The van der Waals surface area contributed by atoms with Gasteiger partial charge in [-0.2, -0.15) is 0 Å². The third-order valence-electron chi connectivity index (χ3n) is 5.31. The first-order chi connectivity index (χ1) is 7.47. The van der Waals surface area contributed by atoms with Crippen LogP contribution in [0.25, 0.3) is 0 Å². The molecule has 4 atom stereocenters. The van der Waals surface area contributed by atoms with Crippen molar-refractivity contribution in [3.63, 3.8) is 0 Å². The summed E-state index contributed by atoms with van der Waals surface area (Å²) in [6, 6.07) is 0. The van der Waals surface area contributed by atoms with Gasteiger partial charge >= 0.3 is 0 Å². The lowest BCUT2D eigenvalue weighted by atomic mass is 9.53. The number of fused-ring (bicyclic) bond motifs is 1. The van der Waals surface area contributed by atoms with E-state index in [0.717, 1.165) is 11.8 Å². The first kappa shape index (κ1) is 12.2. The highest BCUT2D eigenvalue weighted by Gasteiger charge is 2.46. The van der Waals surface area contributed by atoms with E-state index in [9.17, 15) is 5.11 Å². The molecular formula is C15H26O. The highest BCUT2D eigenvalue weighted by atomic mass is 16.3. The Balaban J connectivity index is 2.32. The fourth-order valence-electron chi connectivity index (χ4n) is 4.08. The Morgan fingerprint density at radius 1 is 1.44 bits per heavy atom. The van der Waals surface area contributed by atoms with Crippen LogP contribution < -0.4 is 0 Å². The minimum atomic E-state index is 0.337. The van der Waals surface area contributed by atoms with Crippen LogP contribution in [0.1, 0.15) is 47.0 Å². The van der Waals surface area contributed by atoms with Crippen molar-refractivity contribution < 1.29 is 5.11 Å². The second-order valence-corrected chi connectivity index (χ2v) is 6.66. The highest BCUT2D eigenvalue weighted by molar-refractivity contribution is 5.14. The number of hydrogen-bond donors (Lipinski definition) is 1. The van der Waals surface area contributed by atoms with Crippen LogP contribution in [0.4, 0.5) is 0 Å². The van der Waals surface area contributed by atoms with Crippen molar-refractivity contribution in [2.24, 2.45) is 29.1 Å². The van der Waals surface area contributed by atoms with E-state index in [0.29, 0.717) is 23.9 Å². The van der Waals surface area contributed by atoms with Gasteiger partial charge in [-0.3, -0.25) is 0 Å². The Morgan fingerprint density at radius 2 is 2.12 bits per heavy atom. The summed E-state index contributed by atoms with van der Waals surface area (Å²) in [5, 5.41) is 9.65. The summed E-state index contributed by atoms with van der Waals surface area (Å²) < 4.78 is 0. The first-order valence-electron chi connectivity index (χ1n) is 6.75. The predicted molar refractivity (Wildman–Crippen MR) is 68.1 cm³/mol. The van der Waals surface area contributed by atoms with Gasteiger partial charge in [0.1, 0.15) is 0 Å². The Bertz CT molecular complexity index is 290. The zero-order valence-corrected chi connectivity index (χ0v) is 11.2. The zero-order valence-electron chi connectivity index (χ0n) is 11.2. The molecule has 0 aromatic carbocycles. The molecule has 92 valence electrons. The van der Waals surface area contributed by atoms with Gasteiger partial charge in [0.15, 0.2) is 0 Å². The fourth-order valence-corrected chi connectivity index (χ4v) is 4.08. The summed E-state index contributed by atoms with van der Waals surface area (Å²) in [5.74, 6) is 2.68. The van der Waals surface area contributed by atoms with E-state index >= 15 is 0 Å². The first-order valence-corrected chi connectivity index (χ1v) is 6.75. The van der Waals surface area contributed by atoms with E-state index in [1.807, 2.05) is 0 Å². The molecule has 2 aliphatic rings. The molecule has 0 saturated heterocycles. The lowest BCUT2D eigenvalue weighted by molar-refractivity contribution is -0.0109. The second kappa shape index (κ2) is 4.18. The largest absolute Gasteiger partial charge is 0.396 e. The number of rotatable bonds is 1. The topological polar surface area (TPSA) is 20.2 Å². The van der Waals surface area contributed by atoms with Gasteiger partial charge < -0.3 is 5.11 Å². The van der Waals surface area contributed by atoms with Crippen molar-refractivity contribution in [3.05, 3.63) is 11.6 Å². The molecule has 0 aliphatic heterocycles. The minimum Gasteiger partial charge on any atom is -0.396 e. The molecule has 1 unspecified atom stereocenters. The van der Waals surface area contributed by atoms with E-state index in [4.69, 9.17) is 0 Å². The van der Waals surface area contributed by atoms with Crippen LogP contribution in [-0.4, -0.2) is 11.7 Å². The molecule has 1 heteroatoms. The van der Waals surface area contributed by atoms with Crippen LogP contribution in [-0.2, 0) is 0 Å². The fraction of sp³-hybridized carbons (Fsp3) is 0.867. The van der Waals surface area contributed by atoms with Crippen molar-refractivity contribution in [1.29, 1.82) is 0 Å². The molecule has 1 N–H and O–H groups in total. The molecule has 2 rings (SSSR count). The second-order valence-electron chi connectivity index (χ2n) is 6.66. The summed E-state index contributed by atoms with van der Waals surface area (Å²) in [4.78, 5) is 0. The minimum absolute atomic E-state index is 0.337. The molecular weight excluding hydrogens is 196 g/mol. The number of aliphatic hydroxyl groups excluding tert-OH is 1. The molecule has 1 fully saturated rings. The Labute approximate surface area is 99.9 Å².